The summed E-state index contributed by atoms with van der Waals surface area (Å²) in [5.74, 6) is 8.59. The van der Waals surface area contributed by atoms with E-state index in [1.165, 1.54) is 129 Å². The van der Waals surface area contributed by atoms with Gasteiger partial charge in [-0.25, -0.2) is 0 Å². The van der Waals surface area contributed by atoms with Crippen LogP contribution in [0.1, 0.15) is 144 Å². The van der Waals surface area contributed by atoms with Gasteiger partial charge in [-0.3, -0.25) is 0 Å². The summed E-state index contributed by atoms with van der Waals surface area (Å²) in [4.78, 5) is 2.72. The maximum absolute atomic E-state index is 6.39. The fraction of sp³-hybridized carbons (Fsp3) is 0.935. The van der Waals surface area contributed by atoms with E-state index in [4.69, 9.17) is 4.74 Å². The molecule has 2 nitrogen and oxygen atoms in total. The van der Waals surface area contributed by atoms with Gasteiger partial charge in [-0.1, -0.05) is 110 Å². The van der Waals surface area contributed by atoms with Crippen molar-refractivity contribution in [3.05, 3.63) is 0 Å². The number of hydrogen-bond donors (Lipinski definition) is 0. The highest BCUT2D eigenvalue weighted by Gasteiger charge is 2.23. The summed E-state index contributed by atoms with van der Waals surface area (Å²) >= 11 is 0. The molecule has 194 valence electrons. The largest absolute Gasteiger partial charge is 0.362 e. The van der Waals surface area contributed by atoms with Gasteiger partial charge in [0.25, 0.3) is 0 Å². The molecule has 2 atom stereocenters. The van der Waals surface area contributed by atoms with Crippen LogP contribution in [0.5, 0.6) is 0 Å². The molecule has 0 aromatic rings. The third kappa shape index (κ3) is 15.9. The van der Waals surface area contributed by atoms with Crippen molar-refractivity contribution in [3.63, 3.8) is 0 Å². The van der Waals surface area contributed by atoms with Crippen LogP contribution in [0.2, 0.25) is 0 Å². The lowest BCUT2D eigenvalue weighted by molar-refractivity contribution is -0.0146. The van der Waals surface area contributed by atoms with E-state index in [-0.39, 0.29) is 6.10 Å². The van der Waals surface area contributed by atoms with E-state index in [1.54, 1.807) is 0 Å². The maximum Gasteiger partial charge on any atom is 0.115 e. The number of ether oxygens (including phenoxy) is 1. The van der Waals surface area contributed by atoms with Crippen molar-refractivity contribution in [2.75, 3.05) is 19.6 Å². The highest BCUT2D eigenvalue weighted by molar-refractivity contribution is 5.08. The third-order valence-electron chi connectivity index (χ3n) is 7.43. The average Bonchev–Trinajstić information content (AvgIpc) is 2.82. The third-order valence-corrected chi connectivity index (χ3v) is 7.43. The maximum atomic E-state index is 6.39. The van der Waals surface area contributed by atoms with Crippen LogP contribution in [0.4, 0.5) is 0 Å². The molecule has 1 fully saturated rings. The monoisotopic (exact) mass is 461 g/mol. The second-order valence-corrected chi connectivity index (χ2v) is 10.8. The Morgan fingerprint density at radius 1 is 0.697 bits per heavy atom. The summed E-state index contributed by atoms with van der Waals surface area (Å²) in [6, 6.07) is 0. The van der Waals surface area contributed by atoms with Crippen molar-refractivity contribution < 1.29 is 4.74 Å². The first-order valence-corrected chi connectivity index (χ1v) is 15.0. The molecule has 1 aliphatic rings. The smallest absolute Gasteiger partial charge is 0.115 e. The lowest BCUT2D eigenvalue weighted by Gasteiger charge is -2.35. The van der Waals surface area contributed by atoms with Crippen LogP contribution in [0.25, 0.3) is 0 Å². The first-order chi connectivity index (χ1) is 16.1. The van der Waals surface area contributed by atoms with Crippen LogP contribution in [-0.4, -0.2) is 36.7 Å². The van der Waals surface area contributed by atoms with Crippen molar-refractivity contribution in [1.29, 1.82) is 0 Å². The zero-order valence-corrected chi connectivity index (χ0v) is 23.3. The van der Waals surface area contributed by atoms with Gasteiger partial charge >= 0.3 is 0 Å². The van der Waals surface area contributed by atoms with Crippen molar-refractivity contribution in [2.24, 2.45) is 11.8 Å². The fourth-order valence-electron chi connectivity index (χ4n) is 5.22. The number of likely N-dealkylation sites (tertiary alicyclic amines) is 1. The second-order valence-electron chi connectivity index (χ2n) is 10.8. The molecule has 1 unspecified atom stereocenters. The lowest BCUT2D eigenvalue weighted by Crippen LogP contribution is -2.40. The summed E-state index contributed by atoms with van der Waals surface area (Å²) < 4.78 is 6.39. The molecule has 0 aromatic heterocycles. The Labute approximate surface area is 209 Å². The molecule has 1 rings (SSSR count). The van der Waals surface area contributed by atoms with Crippen molar-refractivity contribution in [1.82, 2.24) is 4.90 Å². The fourth-order valence-corrected chi connectivity index (χ4v) is 5.22. The summed E-state index contributed by atoms with van der Waals surface area (Å²) in [6.07, 6.45) is 23.0. The van der Waals surface area contributed by atoms with E-state index in [9.17, 15) is 0 Å². The minimum atomic E-state index is 0.0766. The molecule has 33 heavy (non-hydrogen) atoms. The summed E-state index contributed by atoms with van der Waals surface area (Å²) in [5.41, 5.74) is 0. The minimum absolute atomic E-state index is 0.0766. The van der Waals surface area contributed by atoms with Gasteiger partial charge in [0.2, 0.25) is 0 Å². The Balaban J connectivity index is 2.40. The highest BCUT2D eigenvalue weighted by atomic mass is 16.5. The number of unbranched alkanes of at least 4 members (excludes halogenated alkanes) is 7. The average molecular weight is 462 g/mol. The Kier molecular flexibility index (Phi) is 19.2. The van der Waals surface area contributed by atoms with Gasteiger partial charge in [-0.2, -0.15) is 0 Å². The molecule has 0 radical (unpaired) electrons. The Morgan fingerprint density at radius 2 is 1.21 bits per heavy atom. The molecule has 0 spiro atoms. The number of nitrogens with zero attached hydrogens (tertiary/aromatic N) is 1. The number of piperidine rings is 1. The van der Waals surface area contributed by atoms with E-state index < -0.39 is 0 Å². The van der Waals surface area contributed by atoms with Crippen LogP contribution < -0.4 is 0 Å². The highest BCUT2D eigenvalue weighted by Crippen LogP contribution is 2.22. The normalized spacial score (nSPS) is 17.2. The summed E-state index contributed by atoms with van der Waals surface area (Å²) in [6.45, 7) is 15.1. The van der Waals surface area contributed by atoms with Gasteiger partial charge < -0.3 is 9.64 Å². The summed E-state index contributed by atoms with van der Waals surface area (Å²) in [7, 11) is 0. The van der Waals surface area contributed by atoms with Crippen LogP contribution in [0.3, 0.4) is 0 Å². The van der Waals surface area contributed by atoms with E-state index in [2.05, 4.69) is 51.4 Å². The molecule has 0 aromatic carbocycles. The van der Waals surface area contributed by atoms with Gasteiger partial charge in [0.1, 0.15) is 6.10 Å². The minimum Gasteiger partial charge on any atom is -0.362 e. The lowest BCUT2D eigenvalue weighted by atomic mass is 9.94. The first kappa shape index (κ1) is 30.5. The molecular formula is C31H59NO. The molecule has 0 bridgehead atoms. The summed E-state index contributed by atoms with van der Waals surface area (Å²) in [5, 5.41) is 0. The Morgan fingerprint density at radius 3 is 1.76 bits per heavy atom. The van der Waals surface area contributed by atoms with E-state index in [0.717, 1.165) is 5.92 Å². The Hall–Kier alpha value is -0.520. The molecule has 2 heteroatoms. The van der Waals surface area contributed by atoms with E-state index in [0.29, 0.717) is 12.0 Å². The van der Waals surface area contributed by atoms with Gasteiger partial charge in [0.05, 0.1) is 6.10 Å². The number of rotatable bonds is 19. The van der Waals surface area contributed by atoms with E-state index >= 15 is 0 Å². The van der Waals surface area contributed by atoms with E-state index in [1.807, 2.05) is 0 Å². The van der Waals surface area contributed by atoms with Crippen LogP contribution >= 0.6 is 0 Å². The van der Waals surface area contributed by atoms with Crippen LogP contribution in [-0.2, 0) is 4.74 Å². The van der Waals surface area contributed by atoms with Crippen molar-refractivity contribution in [2.45, 2.75) is 156 Å². The molecular weight excluding hydrogens is 402 g/mol. The zero-order valence-electron chi connectivity index (χ0n) is 23.3. The van der Waals surface area contributed by atoms with Gasteiger partial charge in [-0.05, 0) is 51.4 Å². The predicted molar refractivity (Wildman–Crippen MR) is 147 cm³/mol. The standard InChI is InChI=1S/C31H59NO/c1-6-10-14-18-29(19-15-11-7-2)22-21-28(5)33-31-23-25-32(26-24-31)27-30(17-13-9-4)20-16-12-8-3/h28-31H,6-20,23-27H2,1-5H3/t28-,30?/m1/s1. The number of hydrogen-bond acceptors (Lipinski definition) is 2. The zero-order chi connectivity index (χ0) is 24.2. The quantitative estimate of drug-likeness (QED) is 0.140. The Bertz CT molecular complexity index is 475. The SMILES string of the molecule is CCCCCC(C#C[C@@H](C)OC1CCN(CC(CCCC)CCCCC)CC1)CCCCC. The van der Waals surface area contributed by atoms with Gasteiger partial charge in [-0.15, -0.1) is 0 Å². The second kappa shape index (κ2) is 20.8. The van der Waals surface area contributed by atoms with Crippen molar-refractivity contribution >= 4 is 0 Å². The molecule has 0 saturated carbocycles. The van der Waals surface area contributed by atoms with Gasteiger partial charge in [0.15, 0.2) is 0 Å². The van der Waals surface area contributed by atoms with Crippen LogP contribution in [0, 0.1) is 23.7 Å². The topological polar surface area (TPSA) is 12.5 Å². The molecule has 1 aliphatic heterocycles. The predicted octanol–water partition coefficient (Wildman–Crippen LogP) is 9.02. The molecule has 0 amide bonds. The van der Waals surface area contributed by atoms with Crippen molar-refractivity contribution in [3.8, 4) is 11.8 Å². The molecule has 0 N–H and O–H groups in total. The van der Waals surface area contributed by atoms with Crippen LogP contribution in [0.15, 0.2) is 0 Å². The first-order valence-electron chi connectivity index (χ1n) is 15.0. The molecule has 1 saturated heterocycles. The molecule has 1 heterocycles. The van der Waals surface area contributed by atoms with Gasteiger partial charge in [0, 0.05) is 25.6 Å². The molecule has 0 aliphatic carbocycles.